The molecule has 1 heterocycles. The van der Waals surface area contributed by atoms with Crippen molar-refractivity contribution < 1.29 is 4.79 Å². The first kappa shape index (κ1) is 11.7. The second kappa shape index (κ2) is 5.12. The molecule has 0 saturated heterocycles. The van der Waals surface area contributed by atoms with Gasteiger partial charge >= 0.3 is 0 Å². The lowest BCUT2D eigenvalue weighted by Crippen LogP contribution is -2.00. The van der Waals surface area contributed by atoms with E-state index < -0.39 is 0 Å². The Labute approximate surface area is 114 Å². The number of ketones is 1. The Morgan fingerprint density at radius 2 is 1.58 bits per heavy atom. The highest BCUT2D eigenvalue weighted by atomic mass is 32.1. The molecule has 3 aromatic rings. The fourth-order valence-corrected chi connectivity index (χ4v) is 2.27. The molecule has 0 aliphatic rings. The van der Waals surface area contributed by atoms with E-state index in [9.17, 15) is 4.79 Å². The molecule has 4 heteroatoms. The van der Waals surface area contributed by atoms with Gasteiger partial charge in [0.2, 0.25) is 5.78 Å². The van der Waals surface area contributed by atoms with Crippen molar-refractivity contribution in [1.82, 2.24) is 8.75 Å². The van der Waals surface area contributed by atoms with Crippen LogP contribution in [0.15, 0.2) is 60.8 Å². The summed E-state index contributed by atoms with van der Waals surface area (Å²) in [6.07, 6.45) is 1.50. The highest BCUT2D eigenvalue weighted by molar-refractivity contribution is 6.99. The molecule has 3 rings (SSSR count). The largest absolute Gasteiger partial charge is 0.287 e. The van der Waals surface area contributed by atoms with Crippen molar-refractivity contribution in [2.24, 2.45) is 0 Å². The molecule has 92 valence electrons. The zero-order valence-corrected chi connectivity index (χ0v) is 10.8. The topological polar surface area (TPSA) is 42.9 Å². The number of nitrogens with zero attached hydrogens (tertiary/aromatic N) is 2. The number of carbonyl (C=O) groups is 1. The standard InChI is InChI=1S/C15H10N2OS/c18-15(14-10-16-19-17-14)13-8-6-12(7-9-13)11-4-2-1-3-5-11/h1-10H. The quantitative estimate of drug-likeness (QED) is 0.682. The first-order valence-corrected chi connectivity index (χ1v) is 6.55. The lowest BCUT2D eigenvalue weighted by atomic mass is 10.0. The van der Waals surface area contributed by atoms with Crippen molar-refractivity contribution in [3.05, 3.63) is 72.1 Å². The molecule has 0 N–H and O–H groups in total. The Hall–Kier alpha value is -2.33. The molecule has 0 aliphatic heterocycles. The number of hydrogen-bond donors (Lipinski definition) is 0. The van der Waals surface area contributed by atoms with Gasteiger partial charge < -0.3 is 0 Å². The smallest absolute Gasteiger partial charge is 0.214 e. The molecule has 0 amide bonds. The van der Waals surface area contributed by atoms with Crippen molar-refractivity contribution in [2.75, 3.05) is 0 Å². The zero-order valence-electron chi connectivity index (χ0n) is 9.98. The van der Waals surface area contributed by atoms with E-state index in [0.29, 0.717) is 11.3 Å². The van der Waals surface area contributed by atoms with Gasteiger partial charge in [0, 0.05) is 5.56 Å². The third-order valence-corrected chi connectivity index (χ3v) is 3.33. The van der Waals surface area contributed by atoms with Gasteiger partial charge in [0.25, 0.3) is 0 Å². The van der Waals surface area contributed by atoms with Gasteiger partial charge in [-0.3, -0.25) is 4.79 Å². The van der Waals surface area contributed by atoms with Crippen molar-refractivity contribution in [2.45, 2.75) is 0 Å². The van der Waals surface area contributed by atoms with Gasteiger partial charge in [0.1, 0.15) is 5.69 Å². The van der Waals surface area contributed by atoms with Crippen LogP contribution in [-0.2, 0) is 0 Å². The fraction of sp³-hybridized carbons (Fsp3) is 0. The highest BCUT2D eigenvalue weighted by Gasteiger charge is 2.11. The molecular formula is C15H10N2OS. The van der Waals surface area contributed by atoms with Crippen LogP contribution >= 0.6 is 11.7 Å². The number of rotatable bonds is 3. The van der Waals surface area contributed by atoms with E-state index in [1.807, 2.05) is 54.6 Å². The Balaban J connectivity index is 1.90. The van der Waals surface area contributed by atoms with Crippen LogP contribution in [0.2, 0.25) is 0 Å². The van der Waals surface area contributed by atoms with Crippen LogP contribution < -0.4 is 0 Å². The average molecular weight is 266 g/mol. The Bertz CT molecular complexity index is 676. The van der Waals surface area contributed by atoms with Crippen molar-refractivity contribution in [1.29, 1.82) is 0 Å². The lowest BCUT2D eigenvalue weighted by Gasteiger charge is -2.02. The molecule has 2 aromatic carbocycles. The summed E-state index contributed by atoms with van der Waals surface area (Å²) in [5, 5.41) is 0. The molecule has 0 aliphatic carbocycles. The number of aromatic nitrogens is 2. The summed E-state index contributed by atoms with van der Waals surface area (Å²) < 4.78 is 7.80. The van der Waals surface area contributed by atoms with E-state index >= 15 is 0 Å². The Morgan fingerprint density at radius 1 is 0.895 bits per heavy atom. The molecule has 19 heavy (non-hydrogen) atoms. The van der Waals surface area contributed by atoms with Crippen molar-refractivity contribution >= 4 is 17.5 Å². The maximum Gasteiger partial charge on any atom is 0.214 e. The second-order valence-corrected chi connectivity index (χ2v) is 4.62. The SMILES string of the molecule is O=C(c1ccc(-c2ccccc2)cc1)c1cnsn1. The summed E-state index contributed by atoms with van der Waals surface area (Å²) in [7, 11) is 0. The van der Waals surface area contributed by atoms with Crippen molar-refractivity contribution in [3.8, 4) is 11.1 Å². The van der Waals surface area contributed by atoms with Gasteiger partial charge in [-0.15, -0.1) is 0 Å². The number of hydrogen-bond acceptors (Lipinski definition) is 4. The first-order chi connectivity index (χ1) is 9.34. The zero-order chi connectivity index (χ0) is 13.1. The number of benzene rings is 2. The van der Waals surface area contributed by atoms with E-state index in [0.717, 1.165) is 22.9 Å². The van der Waals surface area contributed by atoms with Gasteiger partial charge in [-0.1, -0.05) is 54.6 Å². The van der Waals surface area contributed by atoms with E-state index in [1.54, 1.807) is 0 Å². The molecular weight excluding hydrogens is 256 g/mol. The van der Waals surface area contributed by atoms with Gasteiger partial charge in [-0.25, -0.2) is 0 Å². The fourth-order valence-electron chi connectivity index (χ4n) is 1.86. The molecule has 0 unspecified atom stereocenters. The minimum absolute atomic E-state index is 0.0895. The summed E-state index contributed by atoms with van der Waals surface area (Å²) in [6.45, 7) is 0. The molecule has 0 spiro atoms. The van der Waals surface area contributed by atoms with Gasteiger partial charge in [0.05, 0.1) is 17.9 Å². The Kier molecular flexibility index (Phi) is 3.16. The summed E-state index contributed by atoms with van der Waals surface area (Å²) in [6, 6.07) is 17.6. The number of carbonyl (C=O) groups excluding carboxylic acids is 1. The molecule has 3 nitrogen and oxygen atoms in total. The van der Waals surface area contributed by atoms with Crippen LogP contribution in [0.3, 0.4) is 0 Å². The minimum Gasteiger partial charge on any atom is -0.287 e. The average Bonchev–Trinajstić information content (AvgIpc) is 3.02. The molecule has 1 aromatic heterocycles. The summed E-state index contributed by atoms with van der Waals surface area (Å²) in [5.41, 5.74) is 3.26. The summed E-state index contributed by atoms with van der Waals surface area (Å²) in [4.78, 5) is 12.1. The molecule has 0 radical (unpaired) electrons. The predicted octanol–water partition coefficient (Wildman–Crippen LogP) is 3.44. The maximum absolute atomic E-state index is 12.1. The predicted molar refractivity (Wildman–Crippen MR) is 75.2 cm³/mol. The third kappa shape index (κ3) is 2.44. The molecule has 0 bridgehead atoms. The van der Waals surface area contributed by atoms with Crippen LogP contribution in [-0.4, -0.2) is 14.5 Å². The molecule has 0 atom stereocenters. The van der Waals surface area contributed by atoms with Crippen LogP contribution in [0.5, 0.6) is 0 Å². The van der Waals surface area contributed by atoms with Crippen LogP contribution in [0.4, 0.5) is 0 Å². The minimum atomic E-state index is -0.0895. The highest BCUT2D eigenvalue weighted by Crippen LogP contribution is 2.20. The van der Waals surface area contributed by atoms with Gasteiger partial charge in [0.15, 0.2) is 0 Å². The van der Waals surface area contributed by atoms with Gasteiger partial charge in [-0.05, 0) is 11.1 Å². The molecule has 0 saturated carbocycles. The van der Waals surface area contributed by atoms with Crippen LogP contribution in [0, 0.1) is 0 Å². The van der Waals surface area contributed by atoms with E-state index in [4.69, 9.17) is 0 Å². The third-order valence-electron chi connectivity index (χ3n) is 2.85. The van der Waals surface area contributed by atoms with Gasteiger partial charge in [-0.2, -0.15) is 8.75 Å². The lowest BCUT2D eigenvalue weighted by molar-refractivity contribution is 0.103. The van der Waals surface area contributed by atoms with E-state index in [2.05, 4.69) is 8.75 Å². The van der Waals surface area contributed by atoms with Crippen LogP contribution in [0.25, 0.3) is 11.1 Å². The van der Waals surface area contributed by atoms with E-state index in [-0.39, 0.29) is 5.78 Å². The van der Waals surface area contributed by atoms with E-state index in [1.165, 1.54) is 6.20 Å². The van der Waals surface area contributed by atoms with Crippen molar-refractivity contribution in [3.63, 3.8) is 0 Å². The van der Waals surface area contributed by atoms with Crippen LogP contribution in [0.1, 0.15) is 16.1 Å². The summed E-state index contributed by atoms with van der Waals surface area (Å²) >= 11 is 1.04. The molecule has 0 fully saturated rings. The monoisotopic (exact) mass is 266 g/mol. The normalized spacial score (nSPS) is 10.3. The second-order valence-electron chi connectivity index (χ2n) is 4.07. The first-order valence-electron chi connectivity index (χ1n) is 5.82. The maximum atomic E-state index is 12.1. The Morgan fingerprint density at radius 3 is 2.21 bits per heavy atom. The summed E-state index contributed by atoms with van der Waals surface area (Å²) in [5.74, 6) is -0.0895.